The molecule has 7 heteroatoms. The Morgan fingerprint density at radius 3 is 2.40 bits per heavy atom. The number of hydrogen-bond donors (Lipinski definition) is 3. The lowest BCUT2D eigenvalue weighted by Crippen LogP contribution is -2.43. The number of amides is 2. The summed E-state index contributed by atoms with van der Waals surface area (Å²) < 4.78 is 0. The predicted molar refractivity (Wildman–Crippen MR) is 71.4 cm³/mol. The van der Waals surface area contributed by atoms with E-state index in [1.54, 1.807) is 13.8 Å². The van der Waals surface area contributed by atoms with Crippen LogP contribution in [0.15, 0.2) is 18.3 Å². The molecule has 3 N–H and O–H groups in total. The highest BCUT2D eigenvalue weighted by Crippen LogP contribution is 2.13. The molecule has 0 saturated carbocycles. The minimum absolute atomic E-state index is 0.132. The third-order valence-corrected chi connectivity index (χ3v) is 2.78. The molecular formula is C13H17N3O4. The lowest BCUT2D eigenvalue weighted by molar-refractivity contribution is -0.128. The fourth-order valence-corrected chi connectivity index (χ4v) is 1.48. The van der Waals surface area contributed by atoms with Gasteiger partial charge in [0.2, 0.25) is 5.91 Å². The summed E-state index contributed by atoms with van der Waals surface area (Å²) in [5.74, 6) is -1.75. The Morgan fingerprint density at radius 2 is 1.95 bits per heavy atom. The van der Waals surface area contributed by atoms with Crippen molar-refractivity contribution >= 4 is 17.8 Å². The van der Waals surface area contributed by atoms with Crippen molar-refractivity contribution in [1.29, 1.82) is 0 Å². The topological polar surface area (TPSA) is 108 Å². The zero-order valence-corrected chi connectivity index (χ0v) is 11.6. The highest BCUT2D eigenvalue weighted by Gasteiger charge is 2.27. The number of aromatic carboxylic acids is 1. The summed E-state index contributed by atoms with van der Waals surface area (Å²) >= 11 is 0. The Bertz CT molecular complexity index is 523. The number of carboxylic acids is 1. The second-order valence-electron chi connectivity index (χ2n) is 4.88. The highest BCUT2D eigenvalue weighted by molar-refractivity contribution is 5.95. The van der Waals surface area contributed by atoms with E-state index in [1.807, 2.05) is 0 Å². The Kier molecular flexibility index (Phi) is 4.79. The average molecular weight is 279 g/mol. The molecule has 0 aromatic carbocycles. The first-order valence-electron chi connectivity index (χ1n) is 5.97. The zero-order valence-electron chi connectivity index (χ0n) is 11.6. The Hall–Kier alpha value is -2.44. The summed E-state index contributed by atoms with van der Waals surface area (Å²) in [6.07, 6.45) is 1.19. The molecule has 0 atom stereocenters. The fraction of sp³-hybridized carbons (Fsp3) is 0.385. The number of rotatable bonds is 5. The van der Waals surface area contributed by atoms with Crippen LogP contribution in [0.2, 0.25) is 0 Å². The largest absolute Gasteiger partial charge is 0.477 e. The van der Waals surface area contributed by atoms with Crippen molar-refractivity contribution < 1.29 is 19.5 Å². The smallest absolute Gasteiger partial charge is 0.354 e. The van der Waals surface area contributed by atoms with E-state index in [2.05, 4.69) is 15.6 Å². The third kappa shape index (κ3) is 3.78. The molecule has 0 spiro atoms. The van der Waals surface area contributed by atoms with E-state index < -0.39 is 17.3 Å². The number of nitrogens with one attached hydrogen (secondary N) is 2. The number of carboxylic acid groups (broad SMARTS) is 1. The van der Waals surface area contributed by atoms with Gasteiger partial charge in [0.15, 0.2) is 0 Å². The van der Waals surface area contributed by atoms with Crippen LogP contribution in [0.1, 0.15) is 34.7 Å². The molecule has 1 aromatic heterocycles. The SMILES string of the molecule is CNC(=O)C(C)(C)CNC(=O)c1ccc(C(=O)O)nc1. The Balaban J connectivity index is 2.68. The average Bonchev–Trinajstić information content (AvgIpc) is 2.43. The number of carbonyl (C=O) groups is 3. The maximum absolute atomic E-state index is 11.9. The van der Waals surface area contributed by atoms with Crippen LogP contribution in [0.5, 0.6) is 0 Å². The van der Waals surface area contributed by atoms with Crippen molar-refractivity contribution in [3.8, 4) is 0 Å². The molecule has 0 fully saturated rings. The van der Waals surface area contributed by atoms with Gasteiger partial charge in [-0.3, -0.25) is 9.59 Å². The van der Waals surface area contributed by atoms with E-state index in [0.717, 1.165) is 0 Å². The van der Waals surface area contributed by atoms with Gasteiger partial charge in [-0.2, -0.15) is 0 Å². The maximum Gasteiger partial charge on any atom is 0.354 e. The number of aromatic nitrogens is 1. The van der Waals surface area contributed by atoms with Gasteiger partial charge in [0, 0.05) is 19.8 Å². The van der Waals surface area contributed by atoms with Gasteiger partial charge in [-0.25, -0.2) is 9.78 Å². The van der Waals surface area contributed by atoms with Crippen LogP contribution in [-0.4, -0.2) is 41.5 Å². The minimum Gasteiger partial charge on any atom is -0.477 e. The van der Waals surface area contributed by atoms with Gasteiger partial charge in [0.1, 0.15) is 5.69 Å². The predicted octanol–water partition coefficient (Wildman–Crippen LogP) is 0.282. The molecule has 1 heterocycles. The summed E-state index contributed by atoms with van der Waals surface area (Å²) in [5.41, 5.74) is -0.631. The Morgan fingerprint density at radius 1 is 1.30 bits per heavy atom. The van der Waals surface area contributed by atoms with Crippen molar-refractivity contribution in [2.24, 2.45) is 5.41 Å². The van der Waals surface area contributed by atoms with Crippen LogP contribution in [0, 0.1) is 5.41 Å². The molecule has 0 aliphatic carbocycles. The molecule has 108 valence electrons. The van der Waals surface area contributed by atoms with E-state index in [-0.39, 0.29) is 23.7 Å². The van der Waals surface area contributed by atoms with E-state index in [9.17, 15) is 14.4 Å². The van der Waals surface area contributed by atoms with Crippen molar-refractivity contribution in [3.05, 3.63) is 29.6 Å². The van der Waals surface area contributed by atoms with Gasteiger partial charge >= 0.3 is 5.97 Å². The summed E-state index contributed by atoms with van der Waals surface area (Å²) in [4.78, 5) is 37.7. The number of pyridine rings is 1. The van der Waals surface area contributed by atoms with Crippen molar-refractivity contribution in [2.75, 3.05) is 13.6 Å². The van der Waals surface area contributed by atoms with Gasteiger partial charge in [-0.1, -0.05) is 0 Å². The molecule has 7 nitrogen and oxygen atoms in total. The maximum atomic E-state index is 11.9. The standard InChI is InChI=1S/C13H17N3O4/c1-13(2,12(20)14-3)7-16-10(17)8-4-5-9(11(18)19)15-6-8/h4-6H,7H2,1-3H3,(H,14,20)(H,16,17)(H,18,19). The molecule has 2 amide bonds. The lowest BCUT2D eigenvalue weighted by Gasteiger charge is -2.22. The molecule has 0 bridgehead atoms. The molecule has 20 heavy (non-hydrogen) atoms. The van der Waals surface area contributed by atoms with Gasteiger partial charge in [0.25, 0.3) is 5.91 Å². The molecule has 0 radical (unpaired) electrons. The Labute approximate surface area is 116 Å². The fourth-order valence-electron chi connectivity index (χ4n) is 1.48. The summed E-state index contributed by atoms with van der Waals surface area (Å²) in [6, 6.07) is 2.62. The second-order valence-corrected chi connectivity index (χ2v) is 4.88. The molecule has 0 aliphatic rings. The summed E-state index contributed by atoms with van der Waals surface area (Å²) in [7, 11) is 1.53. The van der Waals surface area contributed by atoms with Crippen LogP contribution < -0.4 is 10.6 Å². The molecule has 0 aliphatic heterocycles. The number of nitrogens with zero attached hydrogens (tertiary/aromatic N) is 1. The second kappa shape index (κ2) is 6.14. The third-order valence-electron chi connectivity index (χ3n) is 2.78. The number of hydrogen-bond acceptors (Lipinski definition) is 4. The van der Waals surface area contributed by atoms with Gasteiger partial charge < -0.3 is 15.7 Å². The lowest BCUT2D eigenvalue weighted by atomic mass is 9.92. The molecule has 1 aromatic rings. The van der Waals surface area contributed by atoms with E-state index in [4.69, 9.17) is 5.11 Å². The molecular weight excluding hydrogens is 262 g/mol. The number of carbonyl (C=O) groups excluding carboxylic acids is 2. The van der Waals surface area contributed by atoms with E-state index in [1.165, 1.54) is 25.4 Å². The van der Waals surface area contributed by atoms with Crippen LogP contribution in [0.25, 0.3) is 0 Å². The normalized spacial score (nSPS) is 10.8. The zero-order chi connectivity index (χ0) is 15.3. The quantitative estimate of drug-likeness (QED) is 0.717. The molecule has 0 unspecified atom stereocenters. The van der Waals surface area contributed by atoms with Crippen LogP contribution in [0.3, 0.4) is 0 Å². The van der Waals surface area contributed by atoms with Gasteiger partial charge in [0.05, 0.1) is 11.0 Å². The van der Waals surface area contributed by atoms with Crippen LogP contribution in [-0.2, 0) is 4.79 Å². The first kappa shape index (κ1) is 15.6. The van der Waals surface area contributed by atoms with Crippen molar-refractivity contribution in [2.45, 2.75) is 13.8 Å². The van der Waals surface area contributed by atoms with Crippen molar-refractivity contribution in [3.63, 3.8) is 0 Å². The van der Waals surface area contributed by atoms with Crippen molar-refractivity contribution in [1.82, 2.24) is 15.6 Å². The molecule has 1 rings (SSSR count). The first-order valence-corrected chi connectivity index (χ1v) is 5.97. The summed E-state index contributed by atoms with van der Waals surface area (Å²) in [6.45, 7) is 3.57. The van der Waals surface area contributed by atoms with Gasteiger partial charge in [-0.05, 0) is 26.0 Å². The molecule has 0 saturated heterocycles. The van der Waals surface area contributed by atoms with Crippen LogP contribution >= 0.6 is 0 Å². The van der Waals surface area contributed by atoms with Crippen LogP contribution in [0.4, 0.5) is 0 Å². The minimum atomic E-state index is -1.15. The van der Waals surface area contributed by atoms with Gasteiger partial charge in [-0.15, -0.1) is 0 Å². The first-order chi connectivity index (χ1) is 9.27. The van der Waals surface area contributed by atoms with E-state index >= 15 is 0 Å². The summed E-state index contributed by atoms with van der Waals surface area (Å²) in [5, 5.41) is 13.8. The highest BCUT2D eigenvalue weighted by atomic mass is 16.4. The monoisotopic (exact) mass is 279 g/mol. The van der Waals surface area contributed by atoms with E-state index in [0.29, 0.717) is 0 Å².